The van der Waals surface area contributed by atoms with Crippen LogP contribution in [0.25, 0.3) is 0 Å². The fourth-order valence-electron chi connectivity index (χ4n) is 5.26. The number of carbonyl (C=O) groups is 3. The number of amides is 4. The quantitative estimate of drug-likeness (QED) is 0.333. The lowest BCUT2D eigenvalue weighted by Crippen LogP contribution is -2.55. The predicted octanol–water partition coefficient (Wildman–Crippen LogP) is 3.15. The Kier molecular flexibility index (Phi) is 8.17. The maximum absolute atomic E-state index is 14.8. The molecule has 2 aliphatic heterocycles. The van der Waals surface area contributed by atoms with E-state index >= 15 is 0 Å². The maximum atomic E-state index is 14.8. The first-order valence-corrected chi connectivity index (χ1v) is 13.3. The Hall–Kier alpha value is -4.82. The summed E-state index contributed by atoms with van der Waals surface area (Å²) in [6, 6.07) is 10.9. The summed E-state index contributed by atoms with van der Waals surface area (Å²) in [6.45, 7) is 3.71. The molecule has 0 fully saturated rings. The second kappa shape index (κ2) is 12.0. The molecule has 216 valence electrons. The number of nitrogens with one attached hydrogen (secondary N) is 2. The highest BCUT2D eigenvalue weighted by Crippen LogP contribution is 2.31. The van der Waals surface area contributed by atoms with Gasteiger partial charge in [-0.25, -0.2) is 13.6 Å². The van der Waals surface area contributed by atoms with Crippen molar-refractivity contribution < 1.29 is 27.9 Å². The van der Waals surface area contributed by atoms with Crippen LogP contribution in [0.2, 0.25) is 0 Å². The standard InChI is InChI=1S/C31H29F2N5O4/c1-31(36-30(41)35-19-39,18-38-16-22-5-8-26(42-2)28(33)27(22)29(38)40)11-9-20-3-7-25(34-14-20)17-37-12-10-21-4-6-24(32)13-23(21)15-37/h3-8,13-14,19H,10,12,15-18H2,1-2H3,(H2,35,36,39,41)/t31-/m1/s1. The van der Waals surface area contributed by atoms with Gasteiger partial charge in [-0.15, -0.1) is 0 Å². The number of nitrogens with zero attached hydrogens (tertiary/aromatic N) is 3. The van der Waals surface area contributed by atoms with E-state index in [9.17, 15) is 23.2 Å². The van der Waals surface area contributed by atoms with Crippen molar-refractivity contribution in [3.05, 3.63) is 93.8 Å². The van der Waals surface area contributed by atoms with Gasteiger partial charge in [0.05, 0.1) is 24.9 Å². The SMILES string of the molecule is COc1ccc2c(c1F)C(=O)N(C[C@@](C)(C#Cc1ccc(CN3CCc4ccc(F)cc4C3)nc1)NC(=O)NC=O)C2. The van der Waals surface area contributed by atoms with E-state index < -0.39 is 23.3 Å². The first kappa shape index (κ1) is 28.7. The summed E-state index contributed by atoms with van der Waals surface area (Å²) in [4.78, 5) is 44.3. The van der Waals surface area contributed by atoms with Crippen molar-refractivity contribution >= 4 is 18.3 Å². The smallest absolute Gasteiger partial charge is 0.322 e. The minimum atomic E-state index is -1.31. The number of fused-ring (bicyclic) bond motifs is 2. The number of pyridine rings is 1. The van der Waals surface area contributed by atoms with E-state index in [2.05, 4.69) is 27.0 Å². The lowest BCUT2D eigenvalue weighted by atomic mass is 9.99. The fourth-order valence-corrected chi connectivity index (χ4v) is 5.26. The van der Waals surface area contributed by atoms with Gasteiger partial charge >= 0.3 is 6.03 Å². The number of benzene rings is 2. The molecule has 0 spiro atoms. The molecule has 0 aliphatic carbocycles. The van der Waals surface area contributed by atoms with Gasteiger partial charge in [0.1, 0.15) is 11.4 Å². The Morgan fingerprint density at radius 2 is 1.95 bits per heavy atom. The van der Waals surface area contributed by atoms with Gasteiger partial charge in [0.15, 0.2) is 11.6 Å². The number of imide groups is 1. The van der Waals surface area contributed by atoms with E-state index in [1.807, 2.05) is 17.4 Å². The topological polar surface area (TPSA) is 104 Å². The number of urea groups is 1. The highest BCUT2D eigenvalue weighted by atomic mass is 19.1. The lowest BCUT2D eigenvalue weighted by molar-refractivity contribution is -0.108. The Labute approximate surface area is 241 Å². The van der Waals surface area contributed by atoms with Crippen LogP contribution >= 0.6 is 0 Å². The molecule has 3 aromatic rings. The van der Waals surface area contributed by atoms with Crippen LogP contribution in [0.1, 0.15) is 45.2 Å². The molecule has 11 heteroatoms. The molecular weight excluding hydrogens is 544 g/mol. The van der Waals surface area contributed by atoms with Crippen LogP contribution in [0.3, 0.4) is 0 Å². The normalized spacial score (nSPS) is 15.5. The van der Waals surface area contributed by atoms with E-state index in [-0.39, 0.29) is 36.6 Å². The van der Waals surface area contributed by atoms with E-state index in [0.717, 1.165) is 29.8 Å². The molecule has 1 atom stereocenters. The number of ether oxygens (including phenoxy) is 1. The van der Waals surface area contributed by atoms with Crippen LogP contribution in [-0.4, -0.2) is 58.9 Å². The molecule has 2 aromatic carbocycles. The van der Waals surface area contributed by atoms with Gasteiger partial charge in [0, 0.05) is 37.9 Å². The van der Waals surface area contributed by atoms with Crippen molar-refractivity contribution in [2.45, 2.75) is 38.5 Å². The van der Waals surface area contributed by atoms with E-state index in [1.54, 1.807) is 31.3 Å². The van der Waals surface area contributed by atoms with Crippen LogP contribution < -0.4 is 15.4 Å². The Balaban J connectivity index is 1.30. The third kappa shape index (κ3) is 6.24. The van der Waals surface area contributed by atoms with Gasteiger partial charge in [-0.1, -0.05) is 24.0 Å². The first-order valence-electron chi connectivity index (χ1n) is 13.3. The number of carbonyl (C=O) groups excluding carboxylic acids is 3. The lowest BCUT2D eigenvalue weighted by Gasteiger charge is -2.30. The monoisotopic (exact) mass is 573 g/mol. The van der Waals surface area contributed by atoms with Gasteiger partial charge < -0.3 is 15.0 Å². The van der Waals surface area contributed by atoms with Crippen molar-refractivity contribution in [3.63, 3.8) is 0 Å². The molecule has 9 nitrogen and oxygen atoms in total. The molecule has 4 amide bonds. The zero-order valence-corrected chi connectivity index (χ0v) is 23.2. The highest BCUT2D eigenvalue weighted by Gasteiger charge is 2.37. The number of hydrogen-bond acceptors (Lipinski definition) is 6. The minimum Gasteiger partial charge on any atom is -0.494 e. The minimum absolute atomic E-state index is 0.0371. The van der Waals surface area contributed by atoms with Gasteiger partial charge in [-0.3, -0.25) is 24.8 Å². The molecule has 5 rings (SSSR count). The summed E-state index contributed by atoms with van der Waals surface area (Å²) < 4.78 is 33.5. The second-order valence-corrected chi connectivity index (χ2v) is 10.5. The molecule has 0 saturated heterocycles. The largest absolute Gasteiger partial charge is 0.494 e. The van der Waals surface area contributed by atoms with Crippen LogP contribution in [0.15, 0.2) is 48.7 Å². The summed E-state index contributed by atoms with van der Waals surface area (Å²) in [5, 5.41) is 4.65. The molecule has 0 radical (unpaired) electrons. The van der Waals surface area contributed by atoms with Crippen molar-refractivity contribution in [1.29, 1.82) is 0 Å². The summed E-state index contributed by atoms with van der Waals surface area (Å²) in [6.07, 6.45) is 2.69. The highest BCUT2D eigenvalue weighted by molar-refractivity contribution is 5.99. The number of halogens is 2. The van der Waals surface area contributed by atoms with Crippen molar-refractivity contribution in [2.24, 2.45) is 0 Å². The molecule has 0 bridgehead atoms. The van der Waals surface area contributed by atoms with E-state index in [4.69, 9.17) is 4.74 Å². The molecule has 1 aromatic heterocycles. The van der Waals surface area contributed by atoms with Crippen molar-refractivity contribution in [1.82, 2.24) is 25.4 Å². The van der Waals surface area contributed by atoms with E-state index in [0.29, 0.717) is 24.2 Å². The van der Waals surface area contributed by atoms with Gasteiger partial charge in [-0.05, 0) is 60.4 Å². The Morgan fingerprint density at radius 1 is 1.14 bits per heavy atom. The summed E-state index contributed by atoms with van der Waals surface area (Å²) in [5.74, 6) is 4.41. The van der Waals surface area contributed by atoms with Gasteiger partial charge in [0.25, 0.3) is 5.91 Å². The molecule has 2 N–H and O–H groups in total. The molecule has 42 heavy (non-hydrogen) atoms. The van der Waals surface area contributed by atoms with Crippen molar-refractivity contribution in [2.75, 3.05) is 20.2 Å². The zero-order valence-electron chi connectivity index (χ0n) is 23.2. The molecule has 0 unspecified atom stereocenters. The first-order chi connectivity index (χ1) is 20.2. The number of aromatic nitrogens is 1. The Bertz CT molecular complexity index is 1600. The third-order valence-electron chi connectivity index (χ3n) is 7.31. The fraction of sp³-hybridized carbons (Fsp3) is 0.290. The number of methoxy groups -OCH3 is 1. The Morgan fingerprint density at radius 3 is 2.69 bits per heavy atom. The number of hydrogen-bond donors (Lipinski definition) is 2. The average molecular weight is 574 g/mol. The summed E-state index contributed by atoms with van der Waals surface area (Å²) in [5.41, 5.74) is 2.65. The summed E-state index contributed by atoms with van der Waals surface area (Å²) in [7, 11) is 1.32. The van der Waals surface area contributed by atoms with Gasteiger partial charge in [0.2, 0.25) is 6.41 Å². The third-order valence-corrected chi connectivity index (χ3v) is 7.31. The van der Waals surface area contributed by atoms with Crippen LogP contribution in [-0.2, 0) is 30.8 Å². The predicted molar refractivity (Wildman–Crippen MR) is 149 cm³/mol. The second-order valence-electron chi connectivity index (χ2n) is 10.5. The van der Waals surface area contributed by atoms with Crippen LogP contribution in [0, 0.1) is 23.5 Å². The molecule has 3 heterocycles. The molecule has 0 saturated carbocycles. The maximum Gasteiger partial charge on any atom is 0.322 e. The van der Waals surface area contributed by atoms with Crippen LogP contribution in [0.4, 0.5) is 13.6 Å². The summed E-state index contributed by atoms with van der Waals surface area (Å²) >= 11 is 0. The molecule has 2 aliphatic rings. The average Bonchev–Trinajstić information content (AvgIpc) is 3.27. The zero-order chi connectivity index (χ0) is 29.9. The number of rotatable bonds is 7. The van der Waals surface area contributed by atoms with Crippen molar-refractivity contribution in [3.8, 4) is 17.6 Å². The van der Waals surface area contributed by atoms with Gasteiger partial charge in [-0.2, -0.15) is 0 Å². The van der Waals surface area contributed by atoms with Crippen LogP contribution in [0.5, 0.6) is 5.75 Å². The van der Waals surface area contributed by atoms with E-state index in [1.165, 1.54) is 24.1 Å². The molecular formula is C31H29F2N5O4.